The van der Waals surface area contributed by atoms with Crippen molar-refractivity contribution in [3.63, 3.8) is 0 Å². The minimum atomic E-state index is -0.612. The molecule has 0 bridgehead atoms. The summed E-state index contributed by atoms with van der Waals surface area (Å²) < 4.78 is 4.99. The van der Waals surface area contributed by atoms with E-state index in [1.54, 1.807) is 0 Å². The summed E-state index contributed by atoms with van der Waals surface area (Å²) in [4.78, 5) is 23.9. The van der Waals surface area contributed by atoms with Crippen molar-refractivity contribution in [1.82, 2.24) is 10.6 Å². The fourth-order valence-corrected chi connectivity index (χ4v) is 2.33. The molecule has 25 heavy (non-hydrogen) atoms. The number of ether oxygens (including phenoxy) is 1. The van der Waals surface area contributed by atoms with E-state index in [0.29, 0.717) is 0 Å². The van der Waals surface area contributed by atoms with Crippen LogP contribution in [0.15, 0.2) is 60.7 Å². The van der Waals surface area contributed by atoms with Crippen LogP contribution < -0.4 is 10.6 Å². The number of hydrogen-bond donors (Lipinski definition) is 2. The second-order valence-corrected chi connectivity index (χ2v) is 6.77. The molecule has 0 radical (unpaired) electrons. The summed E-state index contributed by atoms with van der Waals surface area (Å²) in [5.41, 5.74) is 1.51. The van der Waals surface area contributed by atoms with E-state index in [0.717, 1.165) is 11.1 Å². The second-order valence-electron chi connectivity index (χ2n) is 6.77. The molecule has 0 aromatic heterocycles. The lowest BCUT2D eigenvalue weighted by molar-refractivity contribution is -0.124. The molecule has 132 valence electrons. The Labute approximate surface area is 148 Å². The fourth-order valence-electron chi connectivity index (χ4n) is 2.33. The first-order valence-corrected chi connectivity index (χ1v) is 8.19. The van der Waals surface area contributed by atoms with Crippen LogP contribution in [0.3, 0.4) is 0 Å². The van der Waals surface area contributed by atoms with E-state index >= 15 is 0 Å². The van der Waals surface area contributed by atoms with Crippen LogP contribution in [0.1, 0.15) is 37.9 Å². The predicted molar refractivity (Wildman–Crippen MR) is 97.1 cm³/mol. The van der Waals surface area contributed by atoms with E-state index in [1.165, 1.54) is 0 Å². The maximum atomic E-state index is 12.3. The maximum absolute atomic E-state index is 12.3. The summed E-state index contributed by atoms with van der Waals surface area (Å²) in [5.74, 6) is -0.359. The smallest absolute Gasteiger partial charge is 0.408 e. The SMILES string of the molecule is CC(C)(C)NC(=O)OCC(=O)NC(c1ccccc1)c1ccccc1. The predicted octanol–water partition coefficient (Wildman–Crippen LogP) is 3.42. The maximum Gasteiger partial charge on any atom is 0.408 e. The fraction of sp³-hybridized carbons (Fsp3) is 0.300. The van der Waals surface area contributed by atoms with Crippen molar-refractivity contribution < 1.29 is 14.3 Å². The molecule has 0 atom stereocenters. The van der Waals surface area contributed by atoms with Crippen LogP contribution in [0.4, 0.5) is 4.79 Å². The molecule has 0 fully saturated rings. The van der Waals surface area contributed by atoms with Crippen LogP contribution in [0.25, 0.3) is 0 Å². The molecule has 0 saturated carbocycles. The van der Waals surface area contributed by atoms with Gasteiger partial charge in [-0.15, -0.1) is 0 Å². The lowest BCUT2D eigenvalue weighted by Gasteiger charge is -2.21. The molecule has 0 aliphatic heterocycles. The minimum absolute atomic E-state index is 0.302. The number of carbonyl (C=O) groups is 2. The highest BCUT2D eigenvalue weighted by atomic mass is 16.6. The molecule has 5 nitrogen and oxygen atoms in total. The molecular weight excluding hydrogens is 316 g/mol. The third kappa shape index (κ3) is 6.30. The van der Waals surface area contributed by atoms with Crippen molar-refractivity contribution in [2.24, 2.45) is 0 Å². The van der Waals surface area contributed by atoms with Crippen molar-refractivity contribution in [2.75, 3.05) is 6.61 Å². The number of nitrogens with one attached hydrogen (secondary N) is 2. The highest BCUT2D eigenvalue weighted by Crippen LogP contribution is 2.21. The molecule has 0 aliphatic carbocycles. The van der Waals surface area contributed by atoms with Gasteiger partial charge in [-0.3, -0.25) is 4.79 Å². The highest BCUT2D eigenvalue weighted by Gasteiger charge is 2.19. The van der Waals surface area contributed by atoms with Gasteiger partial charge < -0.3 is 15.4 Å². The van der Waals surface area contributed by atoms with E-state index in [-0.39, 0.29) is 18.6 Å². The molecule has 0 heterocycles. The Balaban J connectivity index is 2.02. The van der Waals surface area contributed by atoms with E-state index in [2.05, 4.69) is 10.6 Å². The van der Waals surface area contributed by atoms with Crippen LogP contribution in [-0.4, -0.2) is 24.1 Å². The summed E-state index contributed by atoms with van der Waals surface area (Å²) in [6.07, 6.45) is -0.612. The molecule has 0 aliphatic rings. The Morgan fingerprint density at radius 3 is 1.84 bits per heavy atom. The van der Waals surface area contributed by atoms with Gasteiger partial charge >= 0.3 is 6.09 Å². The average Bonchev–Trinajstić information content (AvgIpc) is 2.58. The van der Waals surface area contributed by atoms with Crippen molar-refractivity contribution in [3.8, 4) is 0 Å². The summed E-state index contributed by atoms with van der Waals surface area (Å²) in [7, 11) is 0. The number of hydrogen-bond acceptors (Lipinski definition) is 3. The molecule has 2 aromatic rings. The van der Waals surface area contributed by atoms with Gasteiger partial charge in [0, 0.05) is 5.54 Å². The quantitative estimate of drug-likeness (QED) is 0.876. The first-order valence-electron chi connectivity index (χ1n) is 8.19. The highest BCUT2D eigenvalue weighted by molar-refractivity contribution is 5.81. The number of carbonyl (C=O) groups excluding carboxylic acids is 2. The van der Waals surface area contributed by atoms with Gasteiger partial charge in [-0.25, -0.2) is 4.79 Å². The number of benzene rings is 2. The van der Waals surface area contributed by atoms with Gasteiger partial charge in [0.25, 0.3) is 5.91 Å². The molecule has 0 unspecified atom stereocenters. The van der Waals surface area contributed by atoms with Crippen LogP contribution in [0.5, 0.6) is 0 Å². The Hall–Kier alpha value is -2.82. The van der Waals surface area contributed by atoms with E-state index < -0.39 is 11.6 Å². The molecule has 2 N–H and O–H groups in total. The van der Waals surface area contributed by atoms with Crippen LogP contribution >= 0.6 is 0 Å². The van der Waals surface area contributed by atoms with Crippen LogP contribution in [0.2, 0.25) is 0 Å². The summed E-state index contributed by atoms with van der Waals surface area (Å²) in [5, 5.41) is 5.57. The largest absolute Gasteiger partial charge is 0.439 e. The molecule has 2 aromatic carbocycles. The van der Waals surface area contributed by atoms with Crippen molar-refractivity contribution in [1.29, 1.82) is 0 Å². The Morgan fingerprint density at radius 1 is 0.920 bits per heavy atom. The molecule has 2 rings (SSSR count). The van der Waals surface area contributed by atoms with Crippen molar-refractivity contribution in [3.05, 3.63) is 71.8 Å². The summed E-state index contributed by atoms with van der Waals surface area (Å²) in [6.45, 7) is 5.19. The summed E-state index contributed by atoms with van der Waals surface area (Å²) >= 11 is 0. The molecular formula is C20H24N2O3. The van der Waals surface area contributed by atoms with E-state index in [9.17, 15) is 9.59 Å². The monoisotopic (exact) mass is 340 g/mol. The van der Waals surface area contributed by atoms with Gasteiger partial charge in [0.1, 0.15) is 0 Å². The second kappa shape index (κ2) is 8.33. The van der Waals surface area contributed by atoms with Gasteiger partial charge in [0.15, 0.2) is 6.61 Å². The van der Waals surface area contributed by atoms with Gasteiger partial charge in [-0.1, -0.05) is 60.7 Å². The lowest BCUT2D eigenvalue weighted by atomic mass is 9.99. The average molecular weight is 340 g/mol. The van der Waals surface area contributed by atoms with Crippen LogP contribution in [-0.2, 0) is 9.53 Å². The zero-order chi connectivity index (χ0) is 18.3. The first kappa shape index (κ1) is 18.5. The van der Waals surface area contributed by atoms with Gasteiger partial charge in [-0.2, -0.15) is 0 Å². The van der Waals surface area contributed by atoms with Gasteiger partial charge in [0.05, 0.1) is 6.04 Å². The minimum Gasteiger partial charge on any atom is -0.439 e. The normalized spacial score (nSPS) is 11.0. The summed E-state index contributed by atoms with van der Waals surface area (Å²) in [6, 6.07) is 19.0. The topological polar surface area (TPSA) is 67.4 Å². The zero-order valence-electron chi connectivity index (χ0n) is 14.8. The number of rotatable bonds is 5. The first-order chi connectivity index (χ1) is 11.8. The van der Waals surface area contributed by atoms with E-state index in [4.69, 9.17) is 4.74 Å². The van der Waals surface area contributed by atoms with Gasteiger partial charge in [-0.05, 0) is 31.9 Å². The van der Waals surface area contributed by atoms with Gasteiger partial charge in [0.2, 0.25) is 0 Å². The molecule has 0 spiro atoms. The third-order valence-electron chi connectivity index (χ3n) is 3.38. The Kier molecular flexibility index (Phi) is 6.17. The molecule has 2 amide bonds. The zero-order valence-corrected chi connectivity index (χ0v) is 14.8. The van der Waals surface area contributed by atoms with Crippen LogP contribution in [0, 0.1) is 0 Å². The lowest BCUT2D eigenvalue weighted by Crippen LogP contribution is -2.42. The number of amides is 2. The standard InChI is InChI=1S/C20H24N2O3/c1-20(2,3)22-19(24)25-14-17(23)21-18(15-10-6-4-7-11-15)16-12-8-5-9-13-16/h4-13,18H,14H2,1-3H3,(H,21,23)(H,22,24). The van der Waals surface area contributed by atoms with Crippen molar-refractivity contribution in [2.45, 2.75) is 32.4 Å². The van der Waals surface area contributed by atoms with E-state index in [1.807, 2.05) is 81.4 Å². The molecule has 5 heteroatoms. The van der Waals surface area contributed by atoms with Crippen molar-refractivity contribution >= 4 is 12.0 Å². The third-order valence-corrected chi connectivity index (χ3v) is 3.38. The Morgan fingerprint density at radius 2 is 1.40 bits per heavy atom. The Bertz CT molecular complexity index is 654. The number of alkyl carbamates (subject to hydrolysis) is 1. The molecule has 0 saturated heterocycles.